The molecule has 2 fully saturated rings. The van der Waals surface area contributed by atoms with Crippen molar-refractivity contribution >= 4 is 11.8 Å². The van der Waals surface area contributed by atoms with E-state index < -0.39 is 11.7 Å². The molecule has 2 aliphatic rings. The number of benzene rings is 4. The van der Waals surface area contributed by atoms with Gasteiger partial charge >= 0.3 is 6.18 Å². The first kappa shape index (κ1) is 32.8. The molecule has 6 rings (SSSR count). The normalized spacial score (nSPS) is 17.9. The summed E-state index contributed by atoms with van der Waals surface area (Å²) >= 11 is 0. The zero-order valence-electron chi connectivity index (χ0n) is 26.3. The van der Waals surface area contributed by atoms with Gasteiger partial charge in [-0.2, -0.15) is 13.2 Å². The number of hydrogen-bond acceptors (Lipinski definition) is 3. The molecule has 2 atom stereocenters. The predicted octanol–water partition coefficient (Wildman–Crippen LogP) is 8.31. The molecule has 240 valence electrons. The van der Waals surface area contributed by atoms with E-state index in [-0.39, 0.29) is 30.2 Å². The molecule has 2 unspecified atom stereocenters. The van der Waals surface area contributed by atoms with Gasteiger partial charge in [0.05, 0.1) is 12.7 Å². The quantitative estimate of drug-likeness (QED) is 0.224. The SMILES string of the molecule is COc1ccc(C(C)C)cc1-c1ccc(C(F)(F)F)cc1CN1CC(c2ccccc2)CC1=O.O=C1CC(c2ccccc2)CN1. The van der Waals surface area contributed by atoms with Crippen molar-refractivity contribution in [3.8, 4) is 16.9 Å². The van der Waals surface area contributed by atoms with Gasteiger partial charge in [0.25, 0.3) is 0 Å². The van der Waals surface area contributed by atoms with Gasteiger partial charge in [-0.3, -0.25) is 9.59 Å². The maximum absolute atomic E-state index is 13.6. The fourth-order valence-corrected chi connectivity index (χ4v) is 6.10. The van der Waals surface area contributed by atoms with Crippen LogP contribution in [0, 0.1) is 0 Å². The van der Waals surface area contributed by atoms with Gasteiger partial charge in [-0.05, 0) is 58.0 Å². The molecule has 5 nitrogen and oxygen atoms in total. The molecule has 0 aromatic heterocycles. The summed E-state index contributed by atoms with van der Waals surface area (Å²) in [5.41, 5.74) is 4.48. The fraction of sp³-hybridized carbons (Fsp3) is 0.316. The van der Waals surface area contributed by atoms with Crippen LogP contribution in [0.4, 0.5) is 13.2 Å². The second-order valence-corrected chi connectivity index (χ2v) is 12.2. The molecule has 0 aliphatic carbocycles. The van der Waals surface area contributed by atoms with Crippen LogP contribution in [0.15, 0.2) is 97.1 Å². The number of methoxy groups -OCH3 is 1. The van der Waals surface area contributed by atoms with Crippen LogP contribution in [-0.4, -0.2) is 36.9 Å². The highest BCUT2D eigenvalue weighted by atomic mass is 19.4. The standard InChI is InChI=1S/C28H28F3NO2.C10H11NO/c1-18(2)20-9-12-26(34-3)25(14-20)24-11-10-23(28(29,30)31)13-22(24)17-32-16-21(15-27(32)33)19-7-5-4-6-8-19;12-10-6-9(7-11-10)8-4-2-1-3-5-8/h4-14,18,21H,15-17H2,1-3H3;1-5,9H,6-7H2,(H,11,12). The molecule has 2 amide bonds. The zero-order valence-corrected chi connectivity index (χ0v) is 26.3. The molecule has 4 aromatic rings. The average Bonchev–Trinajstić information content (AvgIpc) is 3.66. The molecule has 2 saturated heterocycles. The first-order valence-electron chi connectivity index (χ1n) is 15.6. The van der Waals surface area contributed by atoms with Crippen LogP contribution in [0.1, 0.15) is 72.3 Å². The Morgan fingerprint density at radius 3 is 2.04 bits per heavy atom. The zero-order chi connectivity index (χ0) is 32.8. The van der Waals surface area contributed by atoms with Crippen molar-refractivity contribution in [3.05, 3.63) is 125 Å². The van der Waals surface area contributed by atoms with E-state index in [4.69, 9.17) is 4.74 Å². The molecule has 4 aromatic carbocycles. The Balaban J connectivity index is 0.000000289. The molecule has 0 spiro atoms. The summed E-state index contributed by atoms with van der Waals surface area (Å²) < 4.78 is 46.3. The average molecular weight is 629 g/mol. The van der Waals surface area contributed by atoms with Crippen LogP contribution in [0.5, 0.6) is 5.75 Å². The Hall–Kier alpha value is -4.59. The lowest BCUT2D eigenvalue weighted by Gasteiger charge is -2.22. The highest BCUT2D eigenvalue weighted by Gasteiger charge is 2.34. The van der Waals surface area contributed by atoms with E-state index in [1.54, 1.807) is 12.0 Å². The van der Waals surface area contributed by atoms with E-state index in [1.165, 1.54) is 17.7 Å². The lowest BCUT2D eigenvalue weighted by atomic mass is 9.92. The molecule has 46 heavy (non-hydrogen) atoms. The molecule has 0 radical (unpaired) electrons. The third-order valence-electron chi connectivity index (χ3n) is 8.71. The van der Waals surface area contributed by atoms with Gasteiger partial charge in [0.1, 0.15) is 5.75 Å². The first-order chi connectivity index (χ1) is 22.0. The first-order valence-corrected chi connectivity index (χ1v) is 15.6. The molecule has 8 heteroatoms. The Bertz CT molecular complexity index is 1660. The van der Waals surface area contributed by atoms with Crippen LogP contribution in [-0.2, 0) is 22.3 Å². The summed E-state index contributed by atoms with van der Waals surface area (Å²) in [6, 6.07) is 29.5. The highest BCUT2D eigenvalue weighted by Crippen LogP contribution is 2.39. The van der Waals surface area contributed by atoms with Crippen molar-refractivity contribution in [2.24, 2.45) is 0 Å². The molecular weight excluding hydrogens is 589 g/mol. The number of ether oxygens (including phenoxy) is 1. The maximum atomic E-state index is 13.6. The largest absolute Gasteiger partial charge is 0.496 e. The Labute approximate surface area is 268 Å². The van der Waals surface area contributed by atoms with Gasteiger partial charge in [-0.1, -0.05) is 86.6 Å². The summed E-state index contributed by atoms with van der Waals surface area (Å²) in [6.45, 7) is 5.50. The van der Waals surface area contributed by atoms with E-state index in [1.807, 2.05) is 66.7 Å². The summed E-state index contributed by atoms with van der Waals surface area (Å²) in [6.07, 6.45) is -3.48. The second-order valence-electron chi connectivity index (χ2n) is 12.2. The monoisotopic (exact) mass is 628 g/mol. The lowest BCUT2D eigenvalue weighted by Crippen LogP contribution is -2.25. The predicted molar refractivity (Wildman–Crippen MR) is 174 cm³/mol. The van der Waals surface area contributed by atoms with Crippen molar-refractivity contribution in [3.63, 3.8) is 0 Å². The van der Waals surface area contributed by atoms with Gasteiger partial charge in [-0.25, -0.2) is 0 Å². The molecule has 1 N–H and O–H groups in total. The van der Waals surface area contributed by atoms with Gasteiger partial charge < -0.3 is 15.0 Å². The summed E-state index contributed by atoms with van der Waals surface area (Å²) in [5.74, 6) is 1.36. The van der Waals surface area contributed by atoms with Crippen molar-refractivity contribution in [2.75, 3.05) is 20.2 Å². The number of carbonyl (C=O) groups excluding carboxylic acids is 2. The number of hydrogen-bond donors (Lipinski definition) is 1. The highest BCUT2D eigenvalue weighted by molar-refractivity contribution is 5.81. The minimum atomic E-state index is -4.47. The number of alkyl halides is 3. The molecule has 0 saturated carbocycles. The van der Waals surface area contributed by atoms with Crippen LogP contribution in [0.25, 0.3) is 11.1 Å². The van der Waals surface area contributed by atoms with E-state index in [9.17, 15) is 22.8 Å². The van der Waals surface area contributed by atoms with Gasteiger partial charge in [0.2, 0.25) is 11.8 Å². The van der Waals surface area contributed by atoms with E-state index in [2.05, 4.69) is 31.3 Å². The number of nitrogens with zero attached hydrogens (tertiary/aromatic N) is 1. The Morgan fingerprint density at radius 1 is 0.826 bits per heavy atom. The van der Waals surface area contributed by atoms with E-state index >= 15 is 0 Å². The number of rotatable bonds is 7. The van der Waals surface area contributed by atoms with Crippen LogP contribution >= 0.6 is 0 Å². The van der Waals surface area contributed by atoms with Crippen molar-refractivity contribution in [1.29, 1.82) is 0 Å². The summed E-state index contributed by atoms with van der Waals surface area (Å²) in [7, 11) is 1.55. The third-order valence-corrected chi connectivity index (χ3v) is 8.71. The minimum absolute atomic E-state index is 0.0294. The van der Waals surface area contributed by atoms with Gasteiger partial charge in [0.15, 0.2) is 0 Å². The smallest absolute Gasteiger partial charge is 0.416 e. The number of carbonyl (C=O) groups is 2. The number of halogens is 3. The van der Waals surface area contributed by atoms with Crippen molar-refractivity contribution < 1.29 is 27.5 Å². The van der Waals surface area contributed by atoms with Gasteiger partial charge in [-0.15, -0.1) is 0 Å². The van der Waals surface area contributed by atoms with E-state index in [0.717, 1.165) is 29.3 Å². The molecule has 2 aliphatic heterocycles. The van der Waals surface area contributed by atoms with Gasteiger partial charge in [0, 0.05) is 49.9 Å². The summed E-state index contributed by atoms with van der Waals surface area (Å²) in [4.78, 5) is 25.4. The topological polar surface area (TPSA) is 58.6 Å². The van der Waals surface area contributed by atoms with Crippen molar-refractivity contribution in [2.45, 2.75) is 57.2 Å². The number of likely N-dealkylation sites (tertiary alicyclic amines) is 1. The Kier molecular flexibility index (Phi) is 10.1. The van der Waals surface area contributed by atoms with Crippen LogP contribution in [0.3, 0.4) is 0 Å². The maximum Gasteiger partial charge on any atom is 0.416 e. The van der Waals surface area contributed by atoms with Crippen molar-refractivity contribution in [1.82, 2.24) is 10.2 Å². The number of nitrogens with one attached hydrogen (secondary N) is 1. The second kappa shape index (κ2) is 14.2. The Morgan fingerprint density at radius 2 is 1.48 bits per heavy atom. The fourth-order valence-electron chi connectivity index (χ4n) is 6.10. The summed E-state index contributed by atoms with van der Waals surface area (Å²) in [5, 5.41) is 2.83. The van der Waals surface area contributed by atoms with E-state index in [0.29, 0.717) is 42.2 Å². The number of amides is 2. The minimum Gasteiger partial charge on any atom is -0.496 e. The van der Waals surface area contributed by atoms with Crippen LogP contribution in [0.2, 0.25) is 0 Å². The third kappa shape index (κ3) is 7.79. The lowest BCUT2D eigenvalue weighted by molar-refractivity contribution is -0.137. The molecule has 0 bridgehead atoms. The van der Waals surface area contributed by atoms with Crippen LogP contribution < -0.4 is 10.1 Å². The molecule has 2 heterocycles. The molecular formula is C38H39F3N2O3.